The van der Waals surface area contributed by atoms with E-state index < -0.39 is 0 Å². The van der Waals surface area contributed by atoms with Crippen LogP contribution in [0.3, 0.4) is 0 Å². The molecule has 0 unspecified atom stereocenters. The summed E-state index contributed by atoms with van der Waals surface area (Å²) in [5.74, 6) is -0.607. The Balaban J connectivity index is 1.16. The fourth-order valence-electron chi connectivity index (χ4n) is 5.63. The molecule has 2 heterocycles. The van der Waals surface area contributed by atoms with Crippen molar-refractivity contribution in [1.82, 2.24) is 9.80 Å². The molecule has 2 aliphatic heterocycles. The molecule has 3 amide bonds. The molecule has 7 heteroatoms. The van der Waals surface area contributed by atoms with Gasteiger partial charge < -0.3 is 9.80 Å². The first kappa shape index (κ1) is 19.3. The standard InChI is InChI=1S/C23H26FN3O3/c24-17-3-1-2-4-18(17)25-11-13-26(14-12-25)19(28)9-10-27-22(29)20-15-5-6-16(8-7-15)21(20)23(27)30/h1-6,15-16,20-21H,7-14H2/t15-,16-,20-,21-/m0/s1. The van der Waals surface area contributed by atoms with Crippen LogP contribution in [-0.2, 0) is 14.4 Å². The number of likely N-dealkylation sites (tertiary alicyclic amines) is 1. The Morgan fingerprint density at radius 1 is 0.933 bits per heavy atom. The van der Waals surface area contributed by atoms with Gasteiger partial charge in [-0.1, -0.05) is 24.3 Å². The van der Waals surface area contributed by atoms with Crippen LogP contribution >= 0.6 is 0 Å². The lowest BCUT2D eigenvalue weighted by Crippen LogP contribution is -2.49. The van der Waals surface area contributed by atoms with Crippen LogP contribution in [0.15, 0.2) is 36.4 Å². The van der Waals surface area contributed by atoms with Gasteiger partial charge in [-0.15, -0.1) is 0 Å². The predicted octanol–water partition coefficient (Wildman–Crippen LogP) is 2.06. The zero-order chi connectivity index (χ0) is 20.8. The number of para-hydroxylation sites is 1. The molecule has 4 atom stereocenters. The number of fused-ring (bicyclic) bond motifs is 1. The molecule has 6 nitrogen and oxygen atoms in total. The van der Waals surface area contributed by atoms with Gasteiger partial charge in [0, 0.05) is 39.1 Å². The van der Waals surface area contributed by atoms with Crippen molar-refractivity contribution < 1.29 is 18.8 Å². The summed E-state index contributed by atoms with van der Waals surface area (Å²) in [6.07, 6.45) is 6.30. The Kier molecular flexibility index (Phi) is 4.83. The number of allylic oxidation sites excluding steroid dienone is 2. The normalized spacial score (nSPS) is 30.2. The van der Waals surface area contributed by atoms with E-state index in [2.05, 4.69) is 12.2 Å². The minimum absolute atomic E-state index is 0.0558. The smallest absolute Gasteiger partial charge is 0.233 e. The number of imide groups is 1. The Morgan fingerprint density at radius 2 is 1.53 bits per heavy atom. The molecule has 1 aromatic rings. The average molecular weight is 411 g/mol. The summed E-state index contributed by atoms with van der Waals surface area (Å²) >= 11 is 0. The second kappa shape index (κ2) is 7.52. The van der Waals surface area contributed by atoms with E-state index in [1.54, 1.807) is 23.1 Å². The first-order valence-corrected chi connectivity index (χ1v) is 10.9. The molecule has 0 N–H and O–H groups in total. The molecule has 3 fully saturated rings. The number of benzene rings is 1. The highest BCUT2D eigenvalue weighted by Crippen LogP contribution is 2.49. The molecular weight excluding hydrogens is 385 g/mol. The van der Waals surface area contributed by atoms with Gasteiger partial charge in [0.15, 0.2) is 0 Å². The van der Waals surface area contributed by atoms with Gasteiger partial charge in [0.25, 0.3) is 0 Å². The first-order valence-electron chi connectivity index (χ1n) is 10.9. The summed E-state index contributed by atoms with van der Waals surface area (Å²) < 4.78 is 14.0. The van der Waals surface area contributed by atoms with Crippen LogP contribution in [0.4, 0.5) is 10.1 Å². The molecule has 2 saturated heterocycles. The summed E-state index contributed by atoms with van der Waals surface area (Å²) in [5, 5.41) is 0. The van der Waals surface area contributed by atoms with Crippen molar-refractivity contribution >= 4 is 23.4 Å². The lowest BCUT2D eigenvalue weighted by Gasteiger charge is -2.38. The van der Waals surface area contributed by atoms with Crippen LogP contribution in [0.5, 0.6) is 0 Å². The first-order chi connectivity index (χ1) is 14.5. The molecule has 0 aromatic heterocycles. The summed E-state index contributed by atoms with van der Waals surface area (Å²) in [5.41, 5.74) is 0.559. The highest BCUT2D eigenvalue weighted by atomic mass is 19.1. The van der Waals surface area contributed by atoms with E-state index in [9.17, 15) is 18.8 Å². The van der Waals surface area contributed by atoms with E-state index in [0.717, 1.165) is 12.8 Å². The van der Waals surface area contributed by atoms with Crippen molar-refractivity contribution in [3.63, 3.8) is 0 Å². The van der Waals surface area contributed by atoms with Crippen LogP contribution in [0.1, 0.15) is 19.3 Å². The van der Waals surface area contributed by atoms with E-state index in [1.165, 1.54) is 11.0 Å². The minimum Gasteiger partial charge on any atom is -0.366 e. The average Bonchev–Trinajstić information content (AvgIpc) is 3.05. The van der Waals surface area contributed by atoms with Gasteiger partial charge in [-0.3, -0.25) is 19.3 Å². The molecule has 1 aromatic carbocycles. The van der Waals surface area contributed by atoms with Crippen molar-refractivity contribution in [2.75, 3.05) is 37.6 Å². The fourth-order valence-corrected chi connectivity index (χ4v) is 5.63. The molecule has 2 bridgehead atoms. The number of anilines is 1. The van der Waals surface area contributed by atoms with E-state index in [1.807, 2.05) is 4.90 Å². The predicted molar refractivity (Wildman–Crippen MR) is 109 cm³/mol. The maximum Gasteiger partial charge on any atom is 0.233 e. The lowest BCUT2D eigenvalue weighted by atomic mass is 9.63. The zero-order valence-corrected chi connectivity index (χ0v) is 16.9. The van der Waals surface area contributed by atoms with Crippen molar-refractivity contribution in [1.29, 1.82) is 0 Å². The number of hydrogen-bond acceptors (Lipinski definition) is 4. The van der Waals surface area contributed by atoms with Gasteiger partial charge in [-0.05, 0) is 36.8 Å². The largest absolute Gasteiger partial charge is 0.366 e. The maximum absolute atomic E-state index is 14.0. The number of halogens is 1. The van der Waals surface area contributed by atoms with Gasteiger partial charge in [0.1, 0.15) is 5.82 Å². The number of carbonyl (C=O) groups excluding carboxylic acids is 3. The number of piperazine rings is 1. The third-order valence-corrected chi connectivity index (χ3v) is 7.23. The third-order valence-electron chi connectivity index (χ3n) is 7.23. The number of nitrogens with zero attached hydrogens (tertiary/aromatic N) is 3. The Labute approximate surface area is 175 Å². The van der Waals surface area contributed by atoms with Crippen molar-refractivity contribution in [2.45, 2.75) is 19.3 Å². The van der Waals surface area contributed by atoms with Crippen LogP contribution in [0.25, 0.3) is 0 Å². The summed E-state index contributed by atoms with van der Waals surface area (Å²) in [7, 11) is 0. The quantitative estimate of drug-likeness (QED) is 0.562. The fraction of sp³-hybridized carbons (Fsp3) is 0.522. The summed E-state index contributed by atoms with van der Waals surface area (Å²) in [6, 6.07) is 6.66. The van der Waals surface area contributed by atoms with Gasteiger partial charge in [-0.25, -0.2) is 4.39 Å². The number of rotatable bonds is 4. The highest BCUT2D eigenvalue weighted by Gasteiger charge is 2.56. The third kappa shape index (κ3) is 3.11. The monoisotopic (exact) mass is 411 g/mol. The van der Waals surface area contributed by atoms with E-state index in [-0.39, 0.29) is 60.2 Å². The molecule has 0 radical (unpaired) electrons. The van der Waals surface area contributed by atoms with E-state index >= 15 is 0 Å². The van der Waals surface area contributed by atoms with Crippen LogP contribution in [0.2, 0.25) is 0 Å². The van der Waals surface area contributed by atoms with Crippen LogP contribution < -0.4 is 4.90 Å². The topological polar surface area (TPSA) is 60.9 Å². The highest BCUT2D eigenvalue weighted by molar-refractivity contribution is 6.06. The molecule has 6 rings (SSSR count). The Hall–Kier alpha value is -2.70. The van der Waals surface area contributed by atoms with Gasteiger partial charge >= 0.3 is 0 Å². The number of hydrogen-bond donors (Lipinski definition) is 0. The second-order valence-corrected chi connectivity index (χ2v) is 8.74. The minimum atomic E-state index is -0.256. The van der Waals surface area contributed by atoms with Gasteiger partial charge in [0.2, 0.25) is 17.7 Å². The van der Waals surface area contributed by atoms with Crippen molar-refractivity contribution in [3.8, 4) is 0 Å². The van der Waals surface area contributed by atoms with Crippen molar-refractivity contribution in [3.05, 3.63) is 42.2 Å². The van der Waals surface area contributed by atoms with E-state index in [4.69, 9.17) is 0 Å². The number of carbonyl (C=O) groups is 3. The maximum atomic E-state index is 14.0. The molecular formula is C23H26FN3O3. The second-order valence-electron chi connectivity index (χ2n) is 8.74. The summed E-state index contributed by atoms with van der Waals surface area (Å²) in [4.78, 5) is 43.5. The summed E-state index contributed by atoms with van der Waals surface area (Å²) in [6.45, 7) is 2.31. The SMILES string of the molecule is O=C(CCN1C(=O)[C@@H]2[C@@H](C1=O)[C@H]1C=C[C@H]2CC1)N1CCN(c2ccccc2F)CC1. The number of amides is 3. The van der Waals surface area contributed by atoms with Gasteiger partial charge in [0.05, 0.1) is 17.5 Å². The molecule has 30 heavy (non-hydrogen) atoms. The Morgan fingerprint density at radius 3 is 2.10 bits per heavy atom. The van der Waals surface area contributed by atoms with Crippen molar-refractivity contribution in [2.24, 2.45) is 23.7 Å². The van der Waals surface area contributed by atoms with Gasteiger partial charge in [-0.2, -0.15) is 0 Å². The molecule has 158 valence electrons. The Bertz CT molecular complexity index is 877. The van der Waals surface area contributed by atoms with E-state index in [0.29, 0.717) is 31.9 Å². The van der Waals surface area contributed by atoms with Crippen LogP contribution in [-0.4, -0.2) is 60.2 Å². The molecule has 5 aliphatic rings. The zero-order valence-electron chi connectivity index (χ0n) is 16.9. The molecule has 1 saturated carbocycles. The lowest BCUT2D eigenvalue weighted by molar-refractivity contribution is -0.141. The van der Waals surface area contributed by atoms with Crippen LogP contribution in [0, 0.1) is 29.5 Å². The molecule has 3 aliphatic carbocycles. The molecule has 0 spiro atoms.